The van der Waals surface area contributed by atoms with E-state index in [-0.39, 0.29) is 5.91 Å². The Morgan fingerprint density at radius 3 is 3.05 bits per heavy atom. The van der Waals surface area contributed by atoms with Gasteiger partial charge in [0.05, 0.1) is 5.56 Å². The van der Waals surface area contributed by atoms with Crippen LogP contribution >= 0.6 is 0 Å². The van der Waals surface area contributed by atoms with Crippen LogP contribution in [0.1, 0.15) is 29.6 Å². The van der Waals surface area contributed by atoms with Gasteiger partial charge in [0.1, 0.15) is 5.82 Å². The monoisotopic (exact) mass is 274 g/mol. The molecule has 0 bridgehead atoms. The molecule has 3 heterocycles. The van der Waals surface area contributed by atoms with Gasteiger partial charge in [0, 0.05) is 38.9 Å². The largest absolute Gasteiger partial charge is 0.372 e. The van der Waals surface area contributed by atoms with Crippen molar-refractivity contribution < 1.29 is 4.79 Å². The Labute approximate surface area is 120 Å². The van der Waals surface area contributed by atoms with Gasteiger partial charge in [-0.3, -0.25) is 9.69 Å². The molecule has 1 aromatic heterocycles. The van der Waals surface area contributed by atoms with Crippen molar-refractivity contribution in [2.75, 3.05) is 38.5 Å². The fraction of sp³-hybridized carbons (Fsp3) is 0.600. The van der Waals surface area contributed by atoms with Crippen LogP contribution in [0.5, 0.6) is 0 Å². The lowest BCUT2D eigenvalue weighted by Gasteiger charge is -2.26. The number of rotatable bonds is 2. The van der Waals surface area contributed by atoms with Crippen molar-refractivity contribution in [2.24, 2.45) is 0 Å². The molecule has 5 heteroatoms. The molecule has 2 aliphatic heterocycles. The number of pyridine rings is 1. The molecule has 1 amide bonds. The summed E-state index contributed by atoms with van der Waals surface area (Å²) < 4.78 is 0. The summed E-state index contributed by atoms with van der Waals surface area (Å²) in [5, 5.41) is 3.01. The summed E-state index contributed by atoms with van der Waals surface area (Å²) in [5.41, 5.74) is 0.682. The molecule has 1 aromatic rings. The van der Waals surface area contributed by atoms with Crippen LogP contribution in [0.4, 0.5) is 5.82 Å². The van der Waals surface area contributed by atoms with Gasteiger partial charge < -0.3 is 10.2 Å². The van der Waals surface area contributed by atoms with Crippen LogP contribution in [0.25, 0.3) is 0 Å². The first-order valence-electron chi connectivity index (χ1n) is 7.45. The first-order valence-corrected chi connectivity index (χ1v) is 7.45. The molecule has 1 unspecified atom stereocenters. The highest BCUT2D eigenvalue weighted by Gasteiger charge is 2.31. The molecule has 2 fully saturated rings. The number of carbonyl (C=O) groups excluding carboxylic acids is 1. The molecule has 0 saturated carbocycles. The lowest BCUT2D eigenvalue weighted by atomic mass is 10.1. The molecule has 0 aromatic carbocycles. The molecule has 0 radical (unpaired) electrons. The summed E-state index contributed by atoms with van der Waals surface area (Å²) in [7, 11) is 1.81. The summed E-state index contributed by atoms with van der Waals surface area (Å²) in [6, 6.07) is 4.24. The van der Waals surface area contributed by atoms with Gasteiger partial charge in [-0.2, -0.15) is 0 Å². The molecule has 5 nitrogen and oxygen atoms in total. The molecule has 108 valence electrons. The van der Waals surface area contributed by atoms with Crippen molar-refractivity contribution in [2.45, 2.75) is 25.3 Å². The predicted molar refractivity (Wildman–Crippen MR) is 78.9 cm³/mol. The van der Waals surface area contributed by atoms with Crippen LogP contribution in [-0.2, 0) is 0 Å². The maximum atomic E-state index is 12.7. The molecule has 1 atom stereocenters. The van der Waals surface area contributed by atoms with Crippen LogP contribution in [0, 0.1) is 0 Å². The van der Waals surface area contributed by atoms with Crippen LogP contribution in [0.15, 0.2) is 18.3 Å². The van der Waals surface area contributed by atoms with Gasteiger partial charge in [-0.1, -0.05) is 0 Å². The van der Waals surface area contributed by atoms with E-state index in [0.717, 1.165) is 26.1 Å². The summed E-state index contributed by atoms with van der Waals surface area (Å²) in [4.78, 5) is 21.5. The van der Waals surface area contributed by atoms with Crippen molar-refractivity contribution in [1.82, 2.24) is 14.8 Å². The van der Waals surface area contributed by atoms with Crippen molar-refractivity contribution in [3.8, 4) is 0 Å². The minimum Gasteiger partial charge on any atom is -0.372 e. The molecular formula is C15H22N4O. The van der Waals surface area contributed by atoms with E-state index in [1.54, 1.807) is 13.2 Å². The Morgan fingerprint density at radius 1 is 1.35 bits per heavy atom. The lowest BCUT2D eigenvalue weighted by Crippen LogP contribution is -2.39. The van der Waals surface area contributed by atoms with E-state index in [2.05, 4.69) is 15.2 Å². The van der Waals surface area contributed by atoms with Crippen LogP contribution in [0.3, 0.4) is 0 Å². The summed E-state index contributed by atoms with van der Waals surface area (Å²) in [6.07, 6.45) is 5.26. The van der Waals surface area contributed by atoms with Crippen molar-refractivity contribution in [3.63, 3.8) is 0 Å². The molecule has 20 heavy (non-hydrogen) atoms. The molecule has 1 N–H and O–H groups in total. The second kappa shape index (κ2) is 5.79. The number of nitrogens with zero attached hydrogens (tertiary/aromatic N) is 3. The highest BCUT2D eigenvalue weighted by atomic mass is 16.2. The number of hydrogen-bond donors (Lipinski definition) is 1. The molecule has 3 rings (SSSR count). The SMILES string of the molecule is CNc1ncccc1C(=O)N1CCCN2CCCC2C1. The van der Waals surface area contributed by atoms with Gasteiger partial charge in [0.2, 0.25) is 0 Å². The second-order valence-electron chi connectivity index (χ2n) is 5.59. The number of fused-ring (bicyclic) bond motifs is 1. The Hall–Kier alpha value is -1.62. The highest BCUT2D eigenvalue weighted by molar-refractivity contribution is 5.98. The maximum absolute atomic E-state index is 12.7. The number of carbonyl (C=O) groups is 1. The Morgan fingerprint density at radius 2 is 2.20 bits per heavy atom. The first-order chi connectivity index (χ1) is 9.79. The highest BCUT2D eigenvalue weighted by Crippen LogP contribution is 2.23. The number of amides is 1. The molecule has 0 spiro atoms. The minimum absolute atomic E-state index is 0.108. The van der Waals surface area contributed by atoms with E-state index in [0.29, 0.717) is 17.4 Å². The van der Waals surface area contributed by atoms with Crippen molar-refractivity contribution >= 4 is 11.7 Å². The van der Waals surface area contributed by atoms with E-state index in [1.807, 2.05) is 17.0 Å². The zero-order chi connectivity index (χ0) is 13.9. The molecule has 2 saturated heterocycles. The third-order valence-electron chi connectivity index (χ3n) is 4.37. The zero-order valence-electron chi connectivity index (χ0n) is 12.0. The zero-order valence-corrected chi connectivity index (χ0v) is 12.0. The van der Waals surface area contributed by atoms with E-state index in [4.69, 9.17) is 0 Å². The predicted octanol–water partition coefficient (Wildman–Crippen LogP) is 1.43. The lowest BCUT2D eigenvalue weighted by molar-refractivity contribution is 0.0744. The van der Waals surface area contributed by atoms with E-state index < -0.39 is 0 Å². The average Bonchev–Trinajstić information content (AvgIpc) is 2.83. The standard InChI is InChI=1S/C15H22N4O/c1-16-14-13(6-2-7-17-14)15(20)19-10-4-9-18-8-3-5-12(18)11-19/h2,6-7,12H,3-5,8-11H2,1H3,(H,16,17). The fourth-order valence-electron chi connectivity index (χ4n) is 3.34. The van der Waals surface area contributed by atoms with Gasteiger partial charge in [-0.15, -0.1) is 0 Å². The summed E-state index contributed by atoms with van der Waals surface area (Å²) in [6.45, 7) is 4.03. The summed E-state index contributed by atoms with van der Waals surface area (Å²) >= 11 is 0. The van der Waals surface area contributed by atoms with Gasteiger partial charge in [-0.05, 0) is 37.9 Å². The van der Waals surface area contributed by atoms with Crippen LogP contribution in [0.2, 0.25) is 0 Å². The summed E-state index contributed by atoms with van der Waals surface area (Å²) in [5.74, 6) is 0.779. The fourth-order valence-corrected chi connectivity index (χ4v) is 3.34. The van der Waals surface area contributed by atoms with E-state index >= 15 is 0 Å². The molecular weight excluding hydrogens is 252 g/mol. The van der Waals surface area contributed by atoms with Crippen LogP contribution < -0.4 is 5.32 Å². The van der Waals surface area contributed by atoms with E-state index in [1.165, 1.54) is 19.4 Å². The number of aromatic nitrogens is 1. The maximum Gasteiger partial charge on any atom is 0.257 e. The Balaban J connectivity index is 1.79. The molecule has 0 aliphatic carbocycles. The van der Waals surface area contributed by atoms with Crippen molar-refractivity contribution in [1.29, 1.82) is 0 Å². The van der Waals surface area contributed by atoms with E-state index in [9.17, 15) is 4.79 Å². The first kappa shape index (κ1) is 13.4. The minimum atomic E-state index is 0.108. The topological polar surface area (TPSA) is 48.5 Å². The number of nitrogens with one attached hydrogen (secondary N) is 1. The van der Waals surface area contributed by atoms with Gasteiger partial charge in [0.25, 0.3) is 5.91 Å². The average molecular weight is 274 g/mol. The van der Waals surface area contributed by atoms with Crippen LogP contribution in [-0.4, -0.2) is 60.0 Å². The smallest absolute Gasteiger partial charge is 0.257 e. The number of hydrogen-bond acceptors (Lipinski definition) is 4. The van der Waals surface area contributed by atoms with Gasteiger partial charge in [0.15, 0.2) is 0 Å². The number of anilines is 1. The normalized spacial score (nSPS) is 23.2. The third-order valence-corrected chi connectivity index (χ3v) is 4.37. The third kappa shape index (κ3) is 2.50. The van der Waals surface area contributed by atoms with Crippen molar-refractivity contribution in [3.05, 3.63) is 23.9 Å². The second-order valence-corrected chi connectivity index (χ2v) is 5.59. The quantitative estimate of drug-likeness (QED) is 0.886. The molecule has 2 aliphatic rings. The Bertz CT molecular complexity index is 491. The van der Waals surface area contributed by atoms with Gasteiger partial charge in [-0.25, -0.2) is 4.98 Å². The Kier molecular flexibility index (Phi) is 3.87. The van der Waals surface area contributed by atoms with Gasteiger partial charge >= 0.3 is 0 Å².